The molecular weight excluding hydrogens is 805 g/mol. The molecule has 5 heteroatoms. The van der Waals surface area contributed by atoms with E-state index in [0.29, 0.717) is 0 Å². The summed E-state index contributed by atoms with van der Waals surface area (Å²) in [5.41, 5.74) is 17.1. The first kappa shape index (κ1) is 36.5. The van der Waals surface area contributed by atoms with E-state index < -0.39 is 0 Å². The highest BCUT2D eigenvalue weighted by Gasteiger charge is 2.34. The predicted octanol–water partition coefficient (Wildman–Crippen LogP) is 16.8. The molecule has 300 valence electrons. The van der Waals surface area contributed by atoms with Crippen LogP contribution in [0.25, 0.3) is 76.2 Å². The summed E-state index contributed by atoms with van der Waals surface area (Å²) in [4.78, 5) is 2.38. The van der Waals surface area contributed by atoms with E-state index in [1.807, 2.05) is 0 Å². The smallest absolute Gasteiger partial charge is 0.136 e. The van der Waals surface area contributed by atoms with E-state index in [-0.39, 0.29) is 5.92 Å². The van der Waals surface area contributed by atoms with E-state index in [9.17, 15) is 0 Å². The van der Waals surface area contributed by atoms with E-state index in [4.69, 9.17) is 4.74 Å². The molecule has 1 aliphatic heterocycles. The van der Waals surface area contributed by atoms with Gasteiger partial charge in [-0.2, -0.15) is 0 Å². The Morgan fingerprint density at radius 3 is 1.79 bits per heavy atom. The van der Waals surface area contributed by atoms with Crippen molar-refractivity contribution in [1.82, 2.24) is 4.57 Å². The molecule has 0 N–H and O–H groups in total. The van der Waals surface area contributed by atoms with E-state index >= 15 is 0 Å². The molecule has 3 aliphatic rings. The molecule has 0 saturated carbocycles. The third-order valence-electron chi connectivity index (χ3n) is 13.2. The molecule has 13 rings (SSSR count). The lowest BCUT2D eigenvalue weighted by atomic mass is 9.91. The van der Waals surface area contributed by atoms with E-state index in [2.05, 4.69) is 208 Å². The summed E-state index contributed by atoms with van der Waals surface area (Å²) < 4.78 is 11.7. The van der Waals surface area contributed by atoms with Gasteiger partial charge in [-0.15, -0.1) is 22.7 Å². The average Bonchev–Trinajstić information content (AvgIpc) is 4.14. The largest absolute Gasteiger partial charge is 0.459 e. The first-order chi connectivity index (χ1) is 31.2. The summed E-state index contributed by atoms with van der Waals surface area (Å²) >= 11 is 3.61. The molecule has 1 atom stereocenters. The third-order valence-corrected chi connectivity index (χ3v) is 15.1. The Morgan fingerprint density at radius 1 is 0.540 bits per heavy atom. The maximum atomic E-state index is 6.64. The Balaban J connectivity index is 0.877. The van der Waals surface area contributed by atoms with Crippen LogP contribution in [0.4, 0.5) is 17.1 Å². The molecule has 0 amide bonds. The van der Waals surface area contributed by atoms with Crippen LogP contribution in [0.2, 0.25) is 0 Å². The third kappa shape index (κ3) is 5.99. The van der Waals surface area contributed by atoms with Crippen LogP contribution in [-0.4, -0.2) is 4.57 Å². The number of hydrogen-bond donors (Lipinski definition) is 0. The number of allylic oxidation sites excluding steroid dienone is 5. The molecule has 4 heterocycles. The van der Waals surface area contributed by atoms with Crippen molar-refractivity contribution in [2.24, 2.45) is 0 Å². The van der Waals surface area contributed by atoms with Gasteiger partial charge in [0, 0.05) is 70.6 Å². The van der Waals surface area contributed by atoms with Crippen molar-refractivity contribution in [2.75, 3.05) is 4.90 Å². The van der Waals surface area contributed by atoms with Crippen molar-refractivity contribution in [3.05, 3.63) is 215 Å². The molecule has 3 aromatic heterocycles. The lowest BCUT2D eigenvalue weighted by Crippen LogP contribution is -2.12. The number of ether oxygens (including phenoxy) is 1. The molecule has 0 spiro atoms. The lowest BCUT2D eigenvalue weighted by molar-refractivity contribution is 0.425. The van der Waals surface area contributed by atoms with Gasteiger partial charge in [0.05, 0.1) is 17.1 Å². The number of benzene rings is 7. The fourth-order valence-electron chi connectivity index (χ4n) is 10.1. The Kier molecular flexibility index (Phi) is 8.53. The van der Waals surface area contributed by atoms with E-state index in [0.717, 1.165) is 53.5 Å². The molecule has 3 nitrogen and oxygen atoms in total. The number of hydrogen-bond acceptors (Lipinski definition) is 4. The van der Waals surface area contributed by atoms with Crippen molar-refractivity contribution in [2.45, 2.75) is 25.2 Å². The minimum Gasteiger partial charge on any atom is -0.459 e. The summed E-state index contributed by atoms with van der Waals surface area (Å²) in [6, 6.07) is 60.1. The molecule has 0 fully saturated rings. The Hall–Kier alpha value is -7.18. The minimum atomic E-state index is 0.254. The van der Waals surface area contributed by atoms with Crippen LogP contribution >= 0.6 is 22.7 Å². The Morgan fingerprint density at radius 2 is 1.13 bits per heavy atom. The zero-order valence-corrected chi connectivity index (χ0v) is 36.0. The summed E-state index contributed by atoms with van der Waals surface area (Å²) in [7, 11) is 0. The summed E-state index contributed by atoms with van der Waals surface area (Å²) in [6.07, 6.45) is 12.3. The van der Waals surface area contributed by atoms with Gasteiger partial charge in [0.25, 0.3) is 0 Å². The maximum absolute atomic E-state index is 6.64. The van der Waals surface area contributed by atoms with Crippen LogP contribution in [0.3, 0.4) is 0 Å². The van der Waals surface area contributed by atoms with Gasteiger partial charge < -0.3 is 14.2 Å². The van der Waals surface area contributed by atoms with Crippen molar-refractivity contribution in [3.8, 4) is 39.1 Å². The summed E-state index contributed by atoms with van der Waals surface area (Å²) in [5, 5.41) is 8.45. The lowest BCUT2D eigenvalue weighted by Gasteiger charge is -2.26. The summed E-state index contributed by atoms with van der Waals surface area (Å²) in [6.45, 7) is 0. The molecule has 2 aliphatic carbocycles. The highest BCUT2D eigenvalue weighted by molar-refractivity contribution is 7.18. The van der Waals surface area contributed by atoms with Gasteiger partial charge in [-0.25, -0.2) is 0 Å². The van der Waals surface area contributed by atoms with Crippen LogP contribution in [-0.2, 0) is 6.42 Å². The number of aromatic nitrogens is 1. The number of nitrogens with zero attached hydrogens (tertiary/aromatic N) is 2. The second kappa shape index (κ2) is 14.7. The highest BCUT2D eigenvalue weighted by Crippen LogP contribution is 2.49. The van der Waals surface area contributed by atoms with Crippen molar-refractivity contribution in [1.29, 1.82) is 0 Å². The molecule has 7 aromatic carbocycles. The van der Waals surface area contributed by atoms with Gasteiger partial charge in [-0.3, -0.25) is 0 Å². The van der Waals surface area contributed by atoms with Crippen LogP contribution in [0.15, 0.2) is 199 Å². The molecule has 0 radical (unpaired) electrons. The van der Waals surface area contributed by atoms with Crippen LogP contribution < -0.4 is 9.64 Å². The first-order valence-corrected chi connectivity index (χ1v) is 23.6. The van der Waals surface area contributed by atoms with Crippen LogP contribution in [0.1, 0.15) is 35.6 Å². The van der Waals surface area contributed by atoms with Gasteiger partial charge in [0.2, 0.25) is 0 Å². The number of rotatable bonds is 7. The quantitative estimate of drug-likeness (QED) is 0.159. The van der Waals surface area contributed by atoms with Gasteiger partial charge >= 0.3 is 0 Å². The van der Waals surface area contributed by atoms with Gasteiger partial charge in [-0.1, -0.05) is 115 Å². The Labute approximate surface area is 374 Å². The van der Waals surface area contributed by atoms with Crippen molar-refractivity contribution < 1.29 is 4.74 Å². The highest BCUT2D eigenvalue weighted by atomic mass is 32.1. The fraction of sp³-hybridized carbons (Fsp3) is 0.0690. The average molecular weight is 845 g/mol. The molecule has 63 heavy (non-hydrogen) atoms. The summed E-state index contributed by atoms with van der Waals surface area (Å²) in [5.74, 6) is 2.31. The minimum absolute atomic E-state index is 0.254. The second-order valence-electron chi connectivity index (χ2n) is 16.7. The monoisotopic (exact) mass is 844 g/mol. The van der Waals surface area contributed by atoms with Gasteiger partial charge in [0.1, 0.15) is 11.5 Å². The molecule has 10 aromatic rings. The zero-order valence-electron chi connectivity index (χ0n) is 34.4. The molecule has 0 saturated heterocycles. The van der Waals surface area contributed by atoms with Gasteiger partial charge in [0.15, 0.2) is 0 Å². The van der Waals surface area contributed by atoms with Crippen LogP contribution in [0.5, 0.6) is 5.75 Å². The molecule has 1 unspecified atom stereocenters. The molecule has 0 bridgehead atoms. The number of para-hydroxylation sites is 1. The second-order valence-corrected chi connectivity index (χ2v) is 18.5. The molecular formula is C58H40N2OS2. The zero-order chi connectivity index (χ0) is 41.4. The van der Waals surface area contributed by atoms with Crippen molar-refractivity contribution >= 4 is 82.6 Å². The van der Waals surface area contributed by atoms with E-state index in [1.165, 1.54) is 81.3 Å². The first-order valence-electron chi connectivity index (χ1n) is 21.8. The maximum Gasteiger partial charge on any atom is 0.136 e. The van der Waals surface area contributed by atoms with E-state index in [1.54, 1.807) is 22.7 Å². The van der Waals surface area contributed by atoms with Crippen LogP contribution in [0, 0.1) is 0 Å². The Bertz CT molecular complexity index is 3390. The number of thiophene rings is 2. The standard InChI is InChI=1S/C58H40N2OS2/c1-5-15-52-44(10-1)49-34-40(26-33-53(49)60(52)54-16-9-14-48-45-11-2-6-17-55(45)61-58(48)54)37-20-27-41(28-21-37)59(42-29-22-38(23-30-42)50-35-62-56-18-7-3-12-46(50)56)43-31-24-39(25-32-43)51-36-63-57-19-8-4-13-47(51)57/h1-4,6-13,16-36,48H,5,14-15H2. The normalized spacial score (nSPS) is 15.2. The number of fused-ring (bicyclic) bond motifs is 8. The van der Waals surface area contributed by atoms with Gasteiger partial charge in [-0.05, 0) is 125 Å². The topological polar surface area (TPSA) is 17.4 Å². The fourth-order valence-corrected chi connectivity index (χ4v) is 12.1. The van der Waals surface area contributed by atoms with Crippen molar-refractivity contribution in [3.63, 3.8) is 0 Å². The SMILES string of the molecule is C1=Cc2c(n(C3=C4Oc5ccccc5C4CC=C3)c3ccc(-c4ccc(N(c5ccc(-c6csc7ccccc67)cc5)c5ccc(-c6csc7ccccc67)cc5)cc4)cc23)CC1. The predicted molar refractivity (Wildman–Crippen MR) is 268 cm³/mol. The number of anilines is 3.